The maximum Gasteiger partial charge on any atom is 0.417 e. The molecule has 0 saturated heterocycles. The van der Waals surface area contributed by atoms with Crippen molar-refractivity contribution in [1.82, 2.24) is 4.98 Å². The molecule has 11 heteroatoms. The van der Waals surface area contributed by atoms with E-state index in [0.717, 1.165) is 22.4 Å². The Morgan fingerprint density at radius 2 is 1.62 bits per heavy atom. The van der Waals surface area contributed by atoms with E-state index in [1.54, 1.807) is 36.5 Å². The molecule has 5 aromatic rings. The largest absolute Gasteiger partial charge is 0.506 e. The van der Waals surface area contributed by atoms with Gasteiger partial charge in [-0.25, -0.2) is 8.42 Å². The molecule has 1 heterocycles. The number of nitrogens with zero attached hydrogens (tertiary/aromatic N) is 1. The first-order chi connectivity index (χ1) is 17.5. The van der Waals surface area contributed by atoms with Gasteiger partial charge in [0.2, 0.25) is 0 Å². The molecule has 5 rings (SSSR count). The number of aromatic hydroxyl groups is 1. The topological polar surface area (TPSA) is 79.3 Å². The number of phenols is 1. The Bertz CT molecular complexity index is 1770. The summed E-state index contributed by atoms with van der Waals surface area (Å²) < 4.78 is 68.7. The summed E-state index contributed by atoms with van der Waals surface area (Å²) >= 11 is 6.84. The van der Waals surface area contributed by atoms with Gasteiger partial charge in [0.25, 0.3) is 10.0 Å². The van der Waals surface area contributed by atoms with Crippen LogP contribution in [0.4, 0.5) is 18.9 Å². The fourth-order valence-corrected chi connectivity index (χ4v) is 6.22. The number of nitrogens with one attached hydrogen (secondary N) is 1. The third kappa shape index (κ3) is 4.92. The Morgan fingerprint density at radius 3 is 2.38 bits per heavy atom. The van der Waals surface area contributed by atoms with E-state index in [0.29, 0.717) is 27.3 Å². The van der Waals surface area contributed by atoms with E-state index < -0.39 is 31.7 Å². The highest BCUT2D eigenvalue weighted by atomic mass is 35.5. The van der Waals surface area contributed by atoms with E-state index in [1.807, 2.05) is 24.3 Å². The van der Waals surface area contributed by atoms with Gasteiger partial charge >= 0.3 is 6.18 Å². The summed E-state index contributed by atoms with van der Waals surface area (Å²) in [4.78, 5) is 4.87. The molecule has 0 saturated carbocycles. The number of halogens is 4. The number of fused-ring (bicyclic) bond motifs is 2. The molecule has 188 valence electrons. The normalized spacial score (nSPS) is 12.2. The number of para-hydroxylation sites is 1. The third-order valence-corrected chi connectivity index (χ3v) is 8.37. The maximum atomic E-state index is 13.3. The second-order valence-corrected chi connectivity index (χ2v) is 11.2. The van der Waals surface area contributed by atoms with Crippen LogP contribution in [0.3, 0.4) is 0 Å². The molecule has 5 nitrogen and oxygen atoms in total. The molecule has 4 aromatic carbocycles. The predicted octanol–water partition coefficient (Wildman–Crippen LogP) is 7.72. The fourth-order valence-electron chi connectivity index (χ4n) is 3.87. The molecule has 0 fully saturated rings. The molecule has 0 radical (unpaired) electrons. The third-order valence-electron chi connectivity index (χ3n) is 5.59. The van der Waals surface area contributed by atoms with Gasteiger partial charge in [0.15, 0.2) is 0 Å². The molecular weight excluding hydrogens is 545 g/mol. The zero-order valence-electron chi connectivity index (χ0n) is 18.6. The number of alkyl halides is 3. The number of hydrogen-bond donors (Lipinski definition) is 2. The molecule has 0 aliphatic rings. The first-order valence-corrected chi connectivity index (χ1v) is 13.4. The molecule has 2 N–H and O–H groups in total. The average molecular weight is 561 g/mol. The Balaban J connectivity index is 1.61. The van der Waals surface area contributed by atoms with E-state index in [9.17, 15) is 26.7 Å². The van der Waals surface area contributed by atoms with E-state index in [4.69, 9.17) is 11.6 Å². The zero-order valence-corrected chi connectivity index (χ0v) is 21.0. The van der Waals surface area contributed by atoms with Crippen molar-refractivity contribution in [1.29, 1.82) is 0 Å². The summed E-state index contributed by atoms with van der Waals surface area (Å²) in [7, 11) is -4.45. The SMILES string of the molecule is O=S(=O)(Nc1cc(Sc2cccc3cccnc23)c(O)c2ccccc12)c1ccc(Cl)c(C(F)(F)F)c1. The smallest absolute Gasteiger partial charge is 0.417 e. The van der Waals surface area contributed by atoms with Gasteiger partial charge in [-0.05, 0) is 36.4 Å². The van der Waals surface area contributed by atoms with Gasteiger partial charge in [0.05, 0.1) is 31.6 Å². The van der Waals surface area contributed by atoms with Crippen molar-refractivity contribution in [3.63, 3.8) is 0 Å². The summed E-state index contributed by atoms with van der Waals surface area (Å²) in [6.07, 6.45) is -3.18. The van der Waals surface area contributed by atoms with Crippen molar-refractivity contribution in [3.05, 3.63) is 95.6 Å². The number of benzene rings is 4. The van der Waals surface area contributed by atoms with E-state index in [2.05, 4.69) is 9.71 Å². The molecule has 0 atom stereocenters. The summed E-state index contributed by atoms with van der Waals surface area (Å²) in [5.74, 6) is -0.0673. The van der Waals surface area contributed by atoms with E-state index in [-0.39, 0.29) is 11.4 Å². The van der Waals surface area contributed by atoms with Crippen molar-refractivity contribution >= 4 is 60.7 Å². The number of anilines is 1. The van der Waals surface area contributed by atoms with Crippen LogP contribution in [0.5, 0.6) is 5.75 Å². The van der Waals surface area contributed by atoms with Crippen LogP contribution >= 0.6 is 23.4 Å². The predicted molar refractivity (Wildman–Crippen MR) is 139 cm³/mol. The standard InChI is InChI=1S/C26H16ClF3N2O3S2/c27-20-11-10-16(13-19(20)26(28,29)30)37(34,35)32-21-14-23(25(33)18-8-2-1-7-17(18)21)36-22-9-3-5-15-6-4-12-31-24(15)22/h1-14,32-33H. The number of sulfonamides is 1. The lowest BCUT2D eigenvalue weighted by Crippen LogP contribution is -2.15. The van der Waals surface area contributed by atoms with Crippen LogP contribution in [0.25, 0.3) is 21.7 Å². The van der Waals surface area contributed by atoms with Crippen LogP contribution in [-0.2, 0) is 16.2 Å². The van der Waals surface area contributed by atoms with Crippen LogP contribution in [0.1, 0.15) is 5.56 Å². The van der Waals surface area contributed by atoms with E-state index >= 15 is 0 Å². The number of phenolic OH excluding ortho intramolecular Hbond substituents is 1. The van der Waals surface area contributed by atoms with Crippen molar-refractivity contribution in [3.8, 4) is 5.75 Å². The van der Waals surface area contributed by atoms with Gasteiger partial charge in [-0.1, -0.05) is 65.8 Å². The molecule has 0 spiro atoms. The molecule has 0 aliphatic carbocycles. The Labute approximate surface area is 219 Å². The molecule has 1 aromatic heterocycles. The van der Waals surface area contributed by atoms with Gasteiger partial charge in [0.1, 0.15) is 5.75 Å². The minimum atomic E-state index is -4.83. The highest BCUT2D eigenvalue weighted by Crippen LogP contribution is 2.44. The summed E-state index contributed by atoms with van der Waals surface area (Å²) in [5.41, 5.74) is -0.467. The van der Waals surface area contributed by atoms with Crippen molar-refractivity contribution in [2.75, 3.05) is 4.72 Å². The van der Waals surface area contributed by atoms with Gasteiger partial charge < -0.3 is 5.11 Å². The Kier molecular flexibility index (Phi) is 6.43. The maximum absolute atomic E-state index is 13.3. The van der Waals surface area contributed by atoms with E-state index in [1.165, 1.54) is 17.8 Å². The first-order valence-electron chi connectivity index (χ1n) is 10.7. The highest BCUT2D eigenvalue weighted by Gasteiger charge is 2.34. The zero-order chi connectivity index (χ0) is 26.4. The van der Waals surface area contributed by atoms with Crippen LogP contribution in [0.2, 0.25) is 5.02 Å². The average Bonchev–Trinajstić information content (AvgIpc) is 2.86. The molecule has 0 amide bonds. The minimum Gasteiger partial charge on any atom is -0.506 e. The monoisotopic (exact) mass is 560 g/mol. The number of pyridine rings is 1. The lowest BCUT2D eigenvalue weighted by molar-refractivity contribution is -0.137. The summed E-state index contributed by atoms with van der Waals surface area (Å²) in [6.45, 7) is 0. The number of rotatable bonds is 5. The summed E-state index contributed by atoms with van der Waals surface area (Å²) in [6, 6.07) is 19.7. The summed E-state index contributed by atoms with van der Waals surface area (Å²) in [5, 5.41) is 12.0. The molecule has 0 bridgehead atoms. The van der Waals surface area contributed by atoms with Crippen molar-refractivity contribution in [2.24, 2.45) is 0 Å². The first kappa shape index (κ1) is 25.2. The second-order valence-electron chi connectivity index (χ2n) is 7.99. The minimum absolute atomic E-state index is 0.0673. The molecule has 37 heavy (non-hydrogen) atoms. The van der Waals surface area contributed by atoms with Crippen LogP contribution < -0.4 is 4.72 Å². The number of hydrogen-bond acceptors (Lipinski definition) is 5. The van der Waals surface area contributed by atoms with Gasteiger partial charge in [-0.15, -0.1) is 0 Å². The Morgan fingerprint density at radius 1 is 0.892 bits per heavy atom. The van der Waals surface area contributed by atoms with Crippen LogP contribution in [0, 0.1) is 0 Å². The van der Waals surface area contributed by atoms with Crippen LogP contribution in [0.15, 0.2) is 99.7 Å². The molecule has 0 aliphatic heterocycles. The van der Waals surface area contributed by atoms with Gasteiger partial charge in [0, 0.05) is 27.3 Å². The lowest BCUT2D eigenvalue weighted by Gasteiger charge is -2.16. The second kappa shape index (κ2) is 9.44. The quantitative estimate of drug-likeness (QED) is 0.215. The van der Waals surface area contributed by atoms with Crippen LogP contribution in [-0.4, -0.2) is 18.5 Å². The number of aromatic nitrogens is 1. The molecular formula is C26H16ClF3N2O3S2. The fraction of sp³-hybridized carbons (Fsp3) is 0.0385. The lowest BCUT2D eigenvalue weighted by atomic mass is 10.1. The van der Waals surface area contributed by atoms with Crippen molar-refractivity contribution in [2.45, 2.75) is 20.9 Å². The Hall–Kier alpha value is -3.47. The van der Waals surface area contributed by atoms with Gasteiger partial charge in [-0.3, -0.25) is 9.71 Å². The van der Waals surface area contributed by atoms with Gasteiger partial charge in [-0.2, -0.15) is 13.2 Å². The highest BCUT2D eigenvalue weighted by molar-refractivity contribution is 7.99. The van der Waals surface area contributed by atoms with Crippen molar-refractivity contribution < 1.29 is 26.7 Å². The molecule has 0 unspecified atom stereocenters.